The van der Waals surface area contributed by atoms with E-state index in [1.807, 2.05) is 44.1 Å². The topological polar surface area (TPSA) is 61.8 Å². The van der Waals surface area contributed by atoms with E-state index < -0.39 is 0 Å². The number of hydrogen-bond donors (Lipinski definition) is 2. The van der Waals surface area contributed by atoms with Gasteiger partial charge in [0.05, 0.1) is 18.3 Å². The van der Waals surface area contributed by atoms with Crippen molar-refractivity contribution in [3.05, 3.63) is 23.9 Å². The Morgan fingerprint density at radius 3 is 2.56 bits per heavy atom. The summed E-state index contributed by atoms with van der Waals surface area (Å²) in [6, 6.07) is 6.03. The minimum atomic E-state index is 0. The zero-order valence-corrected chi connectivity index (χ0v) is 18.7. The maximum absolute atomic E-state index is 5.77. The third-order valence-corrected chi connectivity index (χ3v) is 3.76. The Kier molecular flexibility index (Phi) is 12.6. The van der Waals surface area contributed by atoms with Gasteiger partial charge in [0.15, 0.2) is 5.96 Å². The lowest BCUT2D eigenvalue weighted by molar-refractivity contribution is 0.0258. The second-order valence-corrected chi connectivity index (χ2v) is 6.26. The predicted molar refractivity (Wildman–Crippen MR) is 117 cm³/mol. The maximum Gasteiger partial charge on any atom is 0.191 e. The van der Waals surface area contributed by atoms with Crippen molar-refractivity contribution in [1.29, 1.82) is 0 Å². The number of aliphatic imine (C=N–C) groups is 1. The Hall–Kier alpha value is -1.09. The molecule has 0 radical (unpaired) electrons. The van der Waals surface area contributed by atoms with Crippen LogP contribution in [0.25, 0.3) is 0 Å². The van der Waals surface area contributed by atoms with Gasteiger partial charge >= 0.3 is 0 Å². The van der Waals surface area contributed by atoms with Crippen LogP contribution >= 0.6 is 24.0 Å². The van der Waals surface area contributed by atoms with E-state index in [1.54, 1.807) is 7.05 Å². The Bertz CT molecular complexity index is 508. The van der Waals surface area contributed by atoms with E-state index in [0.717, 1.165) is 37.0 Å². The maximum atomic E-state index is 5.77. The molecule has 0 aromatic carbocycles. The molecule has 1 heterocycles. The molecule has 0 fully saturated rings. The van der Waals surface area contributed by atoms with E-state index >= 15 is 0 Å². The summed E-state index contributed by atoms with van der Waals surface area (Å²) in [5.41, 5.74) is 0.985. The van der Waals surface area contributed by atoms with Crippen molar-refractivity contribution in [1.82, 2.24) is 15.6 Å². The normalized spacial score (nSPS) is 12.5. The van der Waals surface area contributed by atoms with Crippen LogP contribution in [0.1, 0.15) is 32.9 Å². The summed E-state index contributed by atoms with van der Waals surface area (Å²) in [5, 5.41) is 6.65. The second kappa shape index (κ2) is 13.2. The summed E-state index contributed by atoms with van der Waals surface area (Å²) in [6.45, 7) is 8.64. The molecule has 6 nitrogen and oxygen atoms in total. The zero-order chi connectivity index (χ0) is 17.9. The van der Waals surface area contributed by atoms with E-state index in [4.69, 9.17) is 4.74 Å². The van der Waals surface area contributed by atoms with Gasteiger partial charge in [0.25, 0.3) is 0 Å². The lowest BCUT2D eigenvalue weighted by atomic mass is 10.0. The first-order valence-electron chi connectivity index (χ1n) is 8.67. The van der Waals surface area contributed by atoms with Crippen LogP contribution in [-0.4, -0.2) is 51.3 Å². The molecule has 25 heavy (non-hydrogen) atoms. The average Bonchev–Trinajstić information content (AvgIpc) is 2.57. The molecule has 0 aliphatic rings. The molecule has 0 bridgehead atoms. The average molecular weight is 463 g/mol. The number of ether oxygens (including phenoxy) is 1. The molecule has 0 saturated carbocycles. The molecule has 0 saturated heterocycles. The van der Waals surface area contributed by atoms with Crippen LogP contribution < -0.4 is 15.5 Å². The number of nitrogens with zero attached hydrogens (tertiary/aromatic N) is 3. The molecule has 0 aliphatic carbocycles. The van der Waals surface area contributed by atoms with E-state index in [0.29, 0.717) is 12.5 Å². The molecule has 1 aromatic heterocycles. The number of hydrogen-bond acceptors (Lipinski definition) is 4. The van der Waals surface area contributed by atoms with Crippen molar-refractivity contribution in [3.63, 3.8) is 0 Å². The number of aromatic nitrogens is 1. The van der Waals surface area contributed by atoms with Gasteiger partial charge in [-0.15, -0.1) is 24.0 Å². The Morgan fingerprint density at radius 1 is 1.28 bits per heavy atom. The number of guanidine groups is 1. The van der Waals surface area contributed by atoms with Gasteiger partial charge in [0, 0.05) is 34.3 Å². The molecular weight excluding hydrogens is 429 g/mol. The van der Waals surface area contributed by atoms with Crippen LogP contribution in [0.2, 0.25) is 0 Å². The van der Waals surface area contributed by atoms with Crippen molar-refractivity contribution >= 4 is 35.8 Å². The summed E-state index contributed by atoms with van der Waals surface area (Å²) >= 11 is 0. The fraction of sp³-hybridized carbons (Fsp3) is 0.667. The first kappa shape index (κ1) is 23.9. The minimum Gasteiger partial charge on any atom is -0.378 e. The highest BCUT2D eigenvalue weighted by Crippen LogP contribution is 2.10. The van der Waals surface area contributed by atoms with Crippen LogP contribution in [0.3, 0.4) is 0 Å². The highest BCUT2D eigenvalue weighted by atomic mass is 127. The molecule has 144 valence electrons. The Balaban J connectivity index is 0.00000576. The van der Waals surface area contributed by atoms with E-state index in [2.05, 4.69) is 34.5 Å². The third kappa shape index (κ3) is 9.25. The summed E-state index contributed by atoms with van der Waals surface area (Å²) < 4.78 is 5.77. The molecule has 1 aromatic rings. The first-order valence-corrected chi connectivity index (χ1v) is 8.67. The van der Waals surface area contributed by atoms with E-state index in [9.17, 15) is 0 Å². The van der Waals surface area contributed by atoms with Gasteiger partial charge in [0.2, 0.25) is 0 Å². The highest BCUT2D eigenvalue weighted by Gasteiger charge is 2.13. The molecule has 1 unspecified atom stereocenters. The number of anilines is 1. The summed E-state index contributed by atoms with van der Waals surface area (Å²) in [6.07, 6.45) is 1.24. The highest BCUT2D eigenvalue weighted by molar-refractivity contribution is 14.0. The van der Waals surface area contributed by atoms with Gasteiger partial charge in [-0.25, -0.2) is 4.98 Å². The molecule has 0 aliphatic heterocycles. The van der Waals surface area contributed by atoms with Gasteiger partial charge < -0.3 is 20.3 Å². The zero-order valence-electron chi connectivity index (χ0n) is 16.4. The molecule has 1 rings (SSSR count). The van der Waals surface area contributed by atoms with Crippen LogP contribution in [-0.2, 0) is 11.3 Å². The third-order valence-electron chi connectivity index (χ3n) is 3.76. The minimum absolute atomic E-state index is 0. The number of nitrogens with one attached hydrogen (secondary N) is 2. The predicted octanol–water partition coefficient (Wildman–Crippen LogP) is 2.88. The molecule has 1 atom stereocenters. The molecular formula is C18H34IN5O. The molecule has 2 N–H and O–H groups in total. The summed E-state index contributed by atoms with van der Waals surface area (Å²) in [5.74, 6) is 2.25. The smallest absolute Gasteiger partial charge is 0.191 e. The van der Waals surface area contributed by atoms with Crippen molar-refractivity contribution < 1.29 is 4.74 Å². The van der Waals surface area contributed by atoms with Gasteiger partial charge in [-0.05, 0) is 31.4 Å². The number of pyridine rings is 1. The largest absolute Gasteiger partial charge is 0.378 e. The molecule has 0 spiro atoms. The standard InChI is InChI=1S/C18H33N5O.HI/c1-7-24-16(14(2)3)11-12-20-18(19-4)21-13-15-9-8-10-17(22-15)23(5)6;/h8-10,14,16H,7,11-13H2,1-6H3,(H2,19,20,21);1H. The summed E-state index contributed by atoms with van der Waals surface area (Å²) in [4.78, 5) is 10.9. The SMILES string of the molecule is CCOC(CCNC(=NC)NCc1cccc(N(C)C)n1)C(C)C.I. The summed E-state index contributed by atoms with van der Waals surface area (Å²) in [7, 11) is 5.76. The van der Waals surface area contributed by atoms with Gasteiger partial charge in [0.1, 0.15) is 5.82 Å². The quantitative estimate of drug-likeness (QED) is 0.335. The van der Waals surface area contributed by atoms with Crippen molar-refractivity contribution in [2.24, 2.45) is 10.9 Å². The fourth-order valence-corrected chi connectivity index (χ4v) is 2.37. The Labute approximate surface area is 169 Å². The molecule has 0 amide bonds. The van der Waals surface area contributed by atoms with Crippen molar-refractivity contribution in [2.45, 2.75) is 39.8 Å². The van der Waals surface area contributed by atoms with Crippen molar-refractivity contribution in [3.8, 4) is 0 Å². The van der Waals surface area contributed by atoms with Crippen LogP contribution in [0.5, 0.6) is 0 Å². The molecule has 7 heteroatoms. The van der Waals surface area contributed by atoms with Crippen molar-refractivity contribution in [2.75, 3.05) is 39.2 Å². The second-order valence-electron chi connectivity index (χ2n) is 6.26. The number of halogens is 1. The van der Waals surface area contributed by atoms with Crippen LogP contribution in [0, 0.1) is 5.92 Å². The Morgan fingerprint density at radius 2 is 2.00 bits per heavy atom. The first-order chi connectivity index (χ1) is 11.5. The number of rotatable bonds is 9. The van der Waals surface area contributed by atoms with Crippen LogP contribution in [0.4, 0.5) is 5.82 Å². The lowest BCUT2D eigenvalue weighted by Gasteiger charge is -2.21. The van der Waals surface area contributed by atoms with Gasteiger partial charge in [-0.3, -0.25) is 4.99 Å². The van der Waals surface area contributed by atoms with Crippen LogP contribution in [0.15, 0.2) is 23.2 Å². The van der Waals surface area contributed by atoms with Gasteiger partial charge in [-0.1, -0.05) is 19.9 Å². The van der Waals surface area contributed by atoms with E-state index in [-0.39, 0.29) is 30.1 Å². The fourth-order valence-electron chi connectivity index (χ4n) is 2.37. The monoisotopic (exact) mass is 463 g/mol. The van der Waals surface area contributed by atoms with E-state index in [1.165, 1.54) is 0 Å². The van der Waals surface area contributed by atoms with Gasteiger partial charge in [-0.2, -0.15) is 0 Å². The lowest BCUT2D eigenvalue weighted by Crippen LogP contribution is -2.39.